The fourth-order valence-corrected chi connectivity index (χ4v) is 1.94. The monoisotopic (exact) mass is 256 g/mol. The summed E-state index contributed by atoms with van der Waals surface area (Å²) in [5.74, 6) is 0.821. The summed E-state index contributed by atoms with van der Waals surface area (Å²) < 4.78 is 5.36. The first-order valence-electron chi connectivity index (χ1n) is 5.70. The van der Waals surface area contributed by atoms with E-state index in [2.05, 4.69) is 18.7 Å². The minimum Gasteiger partial charge on any atom is -0.495 e. The van der Waals surface area contributed by atoms with Gasteiger partial charge in [0.05, 0.1) is 12.8 Å². The van der Waals surface area contributed by atoms with Gasteiger partial charge in [-0.15, -0.1) is 0 Å². The number of benzene rings is 1. The summed E-state index contributed by atoms with van der Waals surface area (Å²) in [6.45, 7) is 4.96. The predicted molar refractivity (Wildman–Crippen MR) is 74.2 cm³/mol. The molecule has 0 spiro atoms. The molecule has 17 heavy (non-hydrogen) atoms. The molecule has 0 fully saturated rings. The van der Waals surface area contributed by atoms with Crippen molar-refractivity contribution in [2.24, 2.45) is 5.73 Å². The van der Waals surface area contributed by atoms with E-state index in [0.717, 1.165) is 17.9 Å². The van der Waals surface area contributed by atoms with Gasteiger partial charge in [0.2, 0.25) is 0 Å². The molecule has 0 unspecified atom stereocenters. The van der Waals surface area contributed by atoms with Crippen LogP contribution in [0.25, 0.3) is 0 Å². The van der Waals surface area contributed by atoms with Gasteiger partial charge >= 0.3 is 0 Å². The maximum atomic E-state index is 6.04. The molecule has 0 atom stereocenters. The van der Waals surface area contributed by atoms with Gasteiger partial charge in [0, 0.05) is 17.6 Å². The van der Waals surface area contributed by atoms with Crippen LogP contribution in [0.1, 0.15) is 20.3 Å². The number of hydrogen-bond donors (Lipinski definition) is 1. The molecule has 1 aromatic carbocycles. The quantitative estimate of drug-likeness (QED) is 0.880. The van der Waals surface area contributed by atoms with E-state index in [9.17, 15) is 0 Å². The van der Waals surface area contributed by atoms with Crippen LogP contribution in [0.3, 0.4) is 0 Å². The average Bonchev–Trinajstić information content (AvgIpc) is 2.28. The Morgan fingerprint density at radius 1 is 1.41 bits per heavy atom. The highest BCUT2D eigenvalue weighted by Crippen LogP contribution is 2.34. The van der Waals surface area contributed by atoms with Crippen LogP contribution in [0.5, 0.6) is 5.75 Å². The standard InChI is InChI=1S/C13H21ClN2O/c1-13(2,7-8-15)16(3)11-9-10(14)5-6-12(11)17-4/h5-6,9H,7-8,15H2,1-4H3. The number of ether oxygens (including phenoxy) is 1. The van der Waals surface area contributed by atoms with Gasteiger partial charge in [-0.1, -0.05) is 11.6 Å². The first-order chi connectivity index (χ1) is 7.92. The van der Waals surface area contributed by atoms with E-state index in [1.54, 1.807) is 7.11 Å². The van der Waals surface area contributed by atoms with Crippen LogP contribution in [0.4, 0.5) is 5.69 Å². The summed E-state index contributed by atoms with van der Waals surface area (Å²) in [6.07, 6.45) is 0.902. The molecule has 0 saturated carbocycles. The molecule has 0 heterocycles. The molecule has 0 radical (unpaired) electrons. The molecule has 0 aromatic heterocycles. The van der Waals surface area contributed by atoms with Crippen LogP contribution in [-0.4, -0.2) is 26.2 Å². The van der Waals surface area contributed by atoms with Crippen molar-refractivity contribution in [3.05, 3.63) is 23.2 Å². The number of anilines is 1. The fraction of sp³-hybridized carbons (Fsp3) is 0.538. The second kappa shape index (κ2) is 5.61. The van der Waals surface area contributed by atoms with Crippen molar-refractivity contribution in [3.8, 4) is 5.75 Å². The Bertz CT molecular complexity index is 380. The predicted octanol–water partition coefficient (Wildman–Crippen LogP) is 2.91. The van der Waals surface area contributed by atoms with Gasteiger partial charge in [-0.3, -0.25) is 0 Å². The van der Waals surface area contributed by atoms with Crippen molar-refractivity contribution in [2.45, 2.75) is 25.8 Å². The molecule has 0 amide bonds. The molecular formula is C13H21ClN2O. The first-order valence-corrected chi connectivity index (χ1v) is 6.07. The number of nitrogens with zero attached hydrogens (tertiary/aromatic N) is 1. The zero-order chi connectivity index (χ0) is 13.1. The van der Waals surface area contributed by atoms with Crippen molar-refractivity contribution >= 4 is 17.3 Å². The van der Waals surface area contributed by atoms with Crippen LogP contribution in [0.15, 0.2) is 18.2 Å². The van der Waals surface area contributed by atoms with Gasteiger partial charge in [0.15, 0.2) is 0 Å². The molecule has 2 N–H and O–H groups in total. The Balaban J connectivity index is 3.09. The fourth-order valence-electron chi connectivity index (χ4n) is 1.77. The zero-order valence-electron chi connectivity index (χ0n) is 11.0. The SMILES string of the molecule is COc1ccc(Cl)cc1N(C)C(C)(C)CCN. The number of halogens is 1. The topological polar surface area (TPSA) is 38.5 Å². The van der Waals surface area contributed by atoms with Gasteiger partial charge in [-0.2, -0.15) is 0 Å². The van der Waals surface area contributed by atoms with Gasteiger partial charge < -0.3 is 15.4 Å². The molecule has 4 heteroatoms. The van der Waals surface area contributed by atoms with E-state index in [4.69, 9.17) is 22.1 Å². The van der Waals surface area contributed by atoms with E-state index in [0.29, 0.717) is 11.6 Å². The van der Waals surface area contributed by atoms with Crippen molar-refractivity contribution < 1.29 is 4.74 Å². The van der Waals surface area contributed by atoms with E-state index in [-0.39, 0.29) is 5.54 Å². The Kier molecular flexibility index (Phi) is 4.66. The number of rotatable bonds is 5. The van der Waals surface area contributed by atoms with Crippen molar-refractivity contribution in [1.29, 1.82) is 0 Å². The summed E-state index contributed by atoms with van der Waals surface area (Å²) in [6, 6.07) is 5.62. The smallest absolute Gasteiger partial charge is 0.142 e. The molecule has 0 bridgehead atoms. The highest BCUT2D eigenvalue weighted by atomic mass is 35.5. The van der Waals surface area contributed by atoms with Crippen LogP contribution in [0.2, 0.25) is 5.02 Å². The Labute approximate surface area is 109 Å². The summed E-state index contributed by atoms with van der Waals surface area (Å²) in [7, 11) is 3.69. The molecule has 0 aliphatic rings. The normalized spacial score (nSPS) is 11.4. The summed E-state index contributed by atoms with van der Waals surface area (Å²) >= 11 is 6.04. The van der Waals surface area contributed by atoms with E-state index in [1.807, 2.05) is 25.2 Å². The number of hydrogen-bond acceptors (Lipinski definition) is 3. The third kappa shape index (κ3) is 3.27. The highest BCUT2D eigenvalue weighted by Gasteiger charge is 2.25. The van der Waals surface area contributed by atoms with Crippen molar-refractivity contribution in [1.82, 2.24) is 0 Å². The minimum atomic E-state index is -0.0350. The Morgan fingerprint density at radius 2 is 2.06 bits per heavy atom. The third-order valence-electron chi connectivity index (χ3n) is 3.17. The largest absolute Gasteiger partial charge is 0.495 e. The molecule has 96 valence electrons. The van der Waals surface area contributed by atoms with Gasteiger partial charge in [-0.25, -0.2) is 0 Å². The highest BCUT2D eigenvalue weighted by molar-refractivity contribution is 6.30. The lowest BCUT2D eigenvalue weighted by Gasteiger charge is -2.38. The van der Waals surface area contributed by atoms with E-state index >= 15 is 0 Å². The zero-order valence-corrected chi connectivity index (χ0v) is 11.7. The molecule has 3 nitrogen and oxygen atoms in total. The number of methoxy groups -OCH3 is 1. The van der Waals surface area contributed by atoms with Crippen LogP contribution < -0.4 is 15.4 Å². The van der Waals surface area contributed by atoms with Crippen molar-refractivity contribution in [2.75, 3.05) is 25.6 Å². The second-order valence-corrected chi connectivity index (χ2v) is 5.16. The minimum absolute atomic E-state index is 0.0350. The molecule has 0 aliphatic carbocycles. The van der Waals surface area contributed by atoms with Gasteiger partial charge in [-0.05, 0) is 45.0 Å². The van der Waals surface area contributed by atoms with Crippen LogP contribution >= 0.6 is 11.6 Å². The summed E-state index contributed by atoms with van der Waals surface area (Å²) in [4.78, 5) is 2.16. The maximum absolute atomic E-state index is 6.04. The third-order valence-corrected chi connectivity index (χ3v) is 3.40. The lowest BCUT2D eigenvalue weighted by Crippen LogP contribution is -2.43. The molecule has 1 rings (SSSR count). The maximum Gasteiger partial charge on any atom is 0.142 e. The Morgan fingerprint density at radius 3 is 2.59 bits per heavy atom. The van der Waals surface area contributed by atoms with Crippen LogP contribution in [-0.2, 0) is 0 Å². The van der Waals surface area contributed by atoms with E-state index in [1.165, 1.54) is 0 Å². The van der Waals surface area contributed by atoms with E-state index < -0.39 is 0 Å². The Hall–Kier alpha value is -0.930. The second-order valence-electron chi connectivity index (χ2n) is 4.73. The summed E-state index contributed by atoms with van der Waals surface area (Å²) in [5.41, 5.74) is 6.60. The number of nitrogens with two attached hydrogens (primary N) is 1. The molecule has 0 saturated heterocycles. The molecule has 0 aliphatic heterocycles. The molecular weight excluding hydrogens is 236 g/mol. The average molecular weight is 257 g/mol. The van der Waals surface area contributed by atoms with Gasteiger partial charge in [0.1, 0.15) is 5.75 Å². The lowest BCUT2D eigenvalue weighted by molar-refractivity contribution is 0.403. The van der Waals surface area contributed by atoms with Crippen LogP contribution in [0, 0.1) is 0 Å². The van der Waals surface area contributed by atoms with Gasteiger partial charge in [0.25, 0.3) is 0 Å². The van der Waals surface area contributed by atoms with Crippen molar-refractivity contribution in [3.63, 3.8) is 0 Å². The first kappa shape index (κ1) is 14.1. The molecule has 1 aromatic rings. The summed E-state index contributed by atoms with van der Waals surface area (Å²) in [5, 5.41) is 0.705. The lowest BCUT2D eigenvalue weighted by atomic mass is 9.98.